The summed E-state index contributed by atoms with van der Waals surface area (Å²) < 4.78 is 27.8. The normalized spacial score (nSPS) is 20.8. The third kappa shape index (κ3) is 7.44. The number of ketones is 1. The number of nitrogens with zero attached hydrogens (tertiary/aromatic N) is 2. The van der Waals surface area contributed by atoms with Crippen molar-refractivity contribution < 1.29 is 33.1 Å². The zero-order valence-electron chi connectivity index (χ0n) is 24.4. The third-order valence-electron chi connectivity index (χ3n) is 8.36. The van der Waals surface area contributed by atoms with Gasteiger partial charge >= 0.3 is 5.97 Å². The van der Waals surface area contributed by atoms with Gasteiger partial charge in [0.05, 0.1) is 48.1 Å². The highest BCUT2D eigenvalue weighted by molar-refractivity contribution is 6.34. The minimum atomic E-state index is -0.639. The standard InChI is InChI=1S/C32H37ClFN3O6/c1-36-17-26(25-7-3-4-8-30(25)36)31(39)35-29-16-28(34)21(15-27(29)33)14-23(38)19-43-37-13-5-6-22(37)18-42-24-11-9-20(10-12-24)32(40)41-2/h3-4,7-8,15-17,20,22,24H,5-6,9-14,18-19H2,1-2H3,(H,35,39)/t20-,22-,24-/m1/s1. The topological polar surface area (TPSA) is 99.1 Å². The molecule has 0 unspecified atom stereocenters. The number of Topliss-reactive ketones (excluding diaryl/α,β-unsaturated/α-hetero) is 1. The van der Waals surface area contributed by atoms with E-state index in [0.717, 1.165) is 55.5 Å². The van der Waals surface area contributed by atoms with Crippen molar-refractivity contribution in [2.75, 3.05) is 32.2 Å². The number of hydroxylamine groups is 2. The Morgan fingerprint density at radius 3 is 2.63 bits per heavy atom. The molecule has 1 saturated heterocycles. The summed E-state index contributed by atoms with van der Waals surface area (Å²) in [5, 5.41) is 5.39. The maximum absolute atomic E-state index is 15.0. The van der Waals surface area contributed by atoms with Crippen LogP contribution in [0.3, 0.4) is 0 Å². The Bertz CT molecular complexity index is 1490. The minimum absolute atomic E-state index is 0.0296. The lowest BCUT2D eigenvalue weighted by atomic mass is 9.87. The van der Waals surface area contributed by atoms with E-state index in [0.29, 0.717) is 18.7 Å². The van der Waals surface area contributed by atoms with E-state index in [4.69, 9.17) is 25.9 Å². The second-order valence-corrected chi connectivity index (χ2v) is 11.7. The van der Waals surface area contributed by atoms with Crippen LogP contribution >= 0.6 is 11.6 Å². The van der Waals surface area contributed by atoms with E-state index in [1.54, 1.807) is 11.3 Å². The number of fused-ring (bicyclic) bond motifs is 1. The van der Waals surface area contributed by atoms with Crippen LogP contribution in [0.4, 0.5) is 10.1 Å². The summed E-state index contributed by atoms with van der Waals surface area (Å²) in [6.45, 7) is 0.969. The Balaban J connectivity index is 1.10. The molecule has 1 aliphatic heterocycles. The second kappa shape index (κ2) is 14.0. The molecule has 2 fully saturated rings. The predicted octanol–water partition coefficient (Wildman–Crippen LogP) is 5.48. The van der Waals surface area contributed by atoms with Crippen molar-refractivity contribution in [1.29, 1.82) is 0 Å². The smallest absolute Gasteiger partial charge is 0.308 e. The van der Waals surface area contributed by atoms with Gasteiger partial charge in [0, 0.05) is 37.1 Å². The Hall–Kier alpha value is -3.31. The first kappa shape index (κ1) is 31.1. The van der Waals surface area contributed by atoms with Gasteiger partial charge in [0.2, 0.25) is 0 Å². The average molecular weight is 614 g/mol. The van der Waals surface area contributed by atoms with Gasteiger partial charge in [0.15, 0.2) is 5.78 Å². The first-order valence-electron chi connectivity index (χ1n) is 14.7. The van der Waals surface area contributed by atoms with E-state index in [9.17, 15) is 14.4 Å². The van der Waals surface area contributed by atoms with Crippen molar-refractivity contribution in [3.63, 3.8) is 0 Å². The highest BCUT2D eigenvalue weighted by Crippen LogP contribution is 2.30. The van der Waals surface area contributed by atoms with Crippen LogP contribution in [0.15, 0.2) is 42.6 Å². The lowest BCUT2D eigenvalue weighted by Gasteiger charge is -2.29. The SMILES string of the molecule is COC(=O)[C@H]1CC[C@H](OC[C@H]2CCCN2OCC(=O)Cc2cc(Cl)c(NC(=O)c3cn(C)c4ccccc34)cc2F)CC1. The number of hydrogen-bond donors (Lipinski definition) is 1. The lowest BCUT2D eigenvalue weighted by Crippen LogP contribution is -2.37. The predicted molar refractivity (Wildman–Crippen MR) is 160 cm³/mol. The Morgan fingerprint density at radius 2 is 1.86 bits per heavy atom. The Labute approximate surface area is 255 Å². The molecule has 3 aromatic rings. The number of aryl methyl sites for hydroxylation is 1. The molecular formula is C32H37ClFN3O6. The van der Waals surface area contributed by atoms with Gasteiger partial charge in [-0.05, 0) is 62.3 Å². The van der Waals surface area contributed by atoms with E-state index in [-0.39, 0.29) is 59.1 Å². The molecule has 43 heavy (non-hydrogen) atoms. The first-order chi connectivity index (χ1) is 20.7. The van der Waals surface area contributed by atoms with Crippen molar-refractivity contribution in [2.45, 2.75) is 57.1 Å². The summed E-state index contributed by atoms with van der Waals surface area (Å²) in [5.74, 6) is -1.55. The van der Waals surface area contributed by atoms with Gasteiger partial charge in [-0.1, -0.05) is 29.8 Å². The molecule has 9 nitrogen and oxygen atoms in total. The molecule has 0 spiro atoms. The van der Waals surface area contributed by atoms with Crippen LogP contribution in [0.1, 0.15) is 54.4 Å². The quantitative estimate of drug-likeness (QED) is 0.286. The number of esters is 1. The molecule has 5 rings (SSSR count). The molecule has 1 N–H and O–H groups in total. The molecule has 0 bridgehead atoms. The van der Waals surface area contributed by atoms with Gasteiger partial charge in [-0.3, -0.25) is 19.2 Å². The van der Waals surface area contributed by atoms with Crippen LogP contribution in [-0.2, 0) is 37.4 Å². The van der Waals surface area contributed by atoms with E-state index in [1.807, 2.05) is 35.9 Å². The summed E-state index contributed by atoms with van der Waals surface area (Å²) in [6.07, 6.45) is 6.57. The largest absolute Gasteiger partial charge is 0.469 e. The Kier molecular flexibility index (Phi) is 10.1. The first-order valence-corrected chi connectivity index (χ1v) is 15.0. The van der Waals surface area contributed by atoms with Crippen LogP contribution in [0.25, 0.3) is 10.9 Å². The molecule has 11 heteroatoms. The van der Waals surface area contributed by atoms with Gasteiger partial charge < -0.3 is 19.4 Å². The fraction of sp³-hybridized carbons (Fsp3) is 0.469. The van der Waals surface area contributed by atoms with E-state index in [1.165, 1.54) is 13.2 Å². The van der Waals surface area contributed by atoms with Gasteiger partial charge in [-0.15, -0.1) is 0 Å². The van der Waals surface area contributed by atoms with Crippen LogP contribution < -0.4 is 5.32 Å². The molecule has 2 aromatic carbocycles. The Morgan fingerprint density at radius 1 is 1.09 bits per heavy atom. The van der Waals surface area contributed by atoms with E-state index in [2.05, 4.69) is 5.32 Å². The molecule has 0 radical (unpaired) electrons. The van der Waals surface area contributed by atoms with Crippen molar-refractivity contribution in [3.8, 4) is 0 Å². The number of halogens is 2. The molecule has 2 aliphatic rings. The van der Waals surface area contributed by atoms with Crippen molar-refractivity contribution in [2.24, 2.45) is 13.0 Å². The summed E-state index contributed by atoms with van der Waals surface area (Å²) in [5.41, 5.74) is 1.60. The number of carbonyl (C=O) groups is 3. The minimum Gasteiger partial charge on any atom is -0.469 e. The number of anilines is 1. The second-order valence-electron chi connectivity index (χ2n) is 11.3. The summed E-state index contributed by atoms with van der Waals surface area (Å²) in [6, 6.07) is 10.0. The third-order valence-corrected chi connectivity index (χ3v) is 8.67. The van der Waals surface area contributed by atoms with Crippen molar-refractivity contribution >= 4 is 45.9 Å². The number of benzene rings is 2. The number of rotatable bonds is 11. The zero-order chi connectivity index (χ0) is 30.5. The lowest BCUT2D eigenvalue weighted by molar-refractivity contribution is -0.186. The molecule has 1 aliphatic carbocycles. The molecule has 1 amide bonds. The van der Waals surface area contributed by atoms with Crippen LogP contribution in [0.5, 0.6) is 0 Å². The van der Waals surface area contributed by atoms with Crippen LogP contribution in [-0.4, -0.2) is 66.3 Å². The number of ether oxygens (including phenoxy) is 2. The van der Waals surface area contributed by atoms with Gasteiger partial charge in [0.25, 0.3) is 5.91 Å². The molecule has 1 atom stereocenters. The number of para-hydroxylation sites is 1. The zero-order valence-corrected chi connectivity index (χ0v) is 25.2. The molecule has 2 heterocycles. The maximum atomic E-state index is 15.0. The molecule has 1 aromatic heterocycles. The highest BCUT2D eigenvalue weighted by Gasteiger charge is 2.31. The number of aromatic nitrogens is 1. The van der Waals surface area contributed by atoms with Crippen molar-refractivity contribution in [1.82, 2.24) is 9.63 Å². The molecule has 1 saturated carbocycles. The number of carbonyl (C=O) groups excluding carboxylic acids is 3. The number of nitrogens with one attached hydrogen (secondary N) is 1. The number of amides is 1. The average Bonchev–Trinajstić information content (AvgIpc) is 3.61. The maximum Gasteiger partial charge on any atom is 0.308 e. The summed E-state index contributed by atoms with van der Waals surface area (Å²) in [4.78, 5) is 43.3. The van der Waals surface area contributed by atoms with E-state index < -0.39 is 11.7 Å². The summed E-state index contributed by atoms with van der Waals surface area (Å²) in [7, 11) is 3.27. The van der Waals surface area contributed by atoms with Crippen LogP contribution in [0, 0.1) is 11.7 Å². The van der Waals surface area contributed by atoms with Gasteiger partial charge in [-0.2, -0.15) is 5.06 Å². The fourth-order valence-corrected chi connectivity index (χ4v) is 6.21. The monoisotopic (exact) mass is 613 g/mol. The molecule has 230 valence electrons. The molecular weight excluding hydrogens is 577 g/mol. The van der Waals surface area contributed by atoms with Gasteiger partial charge in [0.1, 0.15) is 12.4 Å². The van der Waals surface area contributed by atoms with Crippen molar-refractivity contribution in [3.05, 3.63) is 64.6 Å². The van der Waals surface area contributed by atoms with E-state index >= 15 is 4.39 Å². The summed E-state index contributed by atoms with van der Waals surface area (Å²) >= 11 is 6.40. The highest BCUT2D eigenvalue weighted by atomic mass is 35.5. The van der Waals surface area contributed by atoms with Crippen LogP contribution in [0.2, 0.25) is 5.02 Å². The number of hydrogen-bond acceptors (Lipinski definition) is 7. The van der Waals surface area contributed by atoms with Gasteiger partial charge in [-0.25, -0.2) is 4.39 Å². The fourth-order valence-electron chi connectivity index (χ4n) is 5.97. The number of methoxy groups -OCH3 is 1.